The Labute approximate surface area is 174 Å². The first-order chi connectivity index (χ1) is 14.2. The van der Waals surface area contributed by atoms with Crippen LogP contribution in [0, 0.1) is 0 Å². The van der Waals surface area contributed by atoms with Crippen LogP contribution in [0.2, 0.25) is 0 Å². The third-order valence-corrected chi connectivity index (χ3v) is 6.51. The molecule has 146 valence electrons. The van der Waals surface area contributed by atoms with Gasteiger partial charge in [-0.3, -0.25) is 4.79 Å². The number of methoxy groups -OCH3 is 1. The number of amides is 1. The number of rotatable bonds is 4. The summed E-state index contributed by atoms with van der Waals surface area (Å²) in [5, 5.41) is 2.08. The zero-order chi connectivity index (χ0) is 19.8. The zero-order valence-corrected chi connectivity index (χ0v) is 17.1. The van der Waals surface area contributed by atoms with E-state index in [-0.39, 0.29) is 5.91 Å². The summed E-state index contributed by atoms with van der Waals surface area (Å²) in [7, 11) is 1.67. The summed E-state index contributed by atoms with van der Waals surface area (Å²) in [5.74, 6) is 0.946. The van der Waals surface area contributed by atoms with Gasteiger partial charge in [0.1, 0.15) is 11.4 Å². The number of hydrogen-bond donors (Lipinski definition) is 0. The number of thiophene rings is 1. The van der Waals surface area contributed by atoms with Crippen LogP contribution in [0.1, 0.15) is 27.2 Å². The molecule has 0 radical (unpaired) electrons. The van der Waals surface area contributed by atoms with E-state index < -0.39 is 0 Å². The predicted molar refractivity (Wildman–Crippen MR) is 117 cm³/mol. The van der Waals surface area contributed by atoms with Crippen LogP contribution in [-0.4, -0.2) is 29.0 Å². The maximum absolute atomic E-state index is 13.5. The predicted octanol–water partition coefficient (Wildman–Crippen LogP) is 4.96. The maximum Gasteiger partial charge on any atom is 0.270 e. The SMILES string of the molecule is COc1ccc(Cn2c(C(=O)N3CCc4ccccc4C3)cc3sccc32)cc1. The van der Waals surface area contributed by atoms with E-state index in [0.717, 1.165) is 40.2 Å². The molecular formula is C24H22N2O2S. The quantitative estimate of drug-likeness (QED) is 0.484. The van der Waals surface area contributed by atoms with Crippen LogP contribution >= 0.6 is 11.3 Å². The molecule has 0 saturated heterocycles. The molecule has 29 heavy (non-hydrogen) atoms. The maximum atomic E-state index is 13.5. The Morgan fingerprint density at radius 3 is 2.66 bits per heavy atom. The van der Waals surface area contributed by atoms with Crippen molar-refractivity contribution >= 4 is 27.5 Å². The highest BCUT2D eigenvalue weighted by atomic mass is 32.1. The number of ether oxygens (including phenoxy) is 1. The van der Waals surface area contributed by atoms with Crippen LogP contribution in [0.15, 0.2) is 66.0 Å². The fourth-order valence-electron chi connectivity index (χ4n) is 4.07. The molecule has 1 amide bonds. The van der Waals surface area contributed by atoms with E-state index in [9.17, 15) is 4.79 Å². The largest absolute Gasteiger partial charge is 0.497 e. The summed E-state index contributed by atoms with van der Waals surface area (Å²) in [6.07, 6.45) is 0.912. The number of benzene rings is 2. The Morgan fingerprint density at radius 2 is 1.86 bits per heavy atom. The van der Waals surface area contributed by atoms with Gasteiger partial charge in [-0.1, -0.05) is 36.4 Å². The third kappa shape index (κ3) is 3.32. The first-order valence-corrected chi connectivity index (χ1v) is 10.7. The van der Waals surface area contributed by atoms with E-state index in [1.807, 2.05) is 23.1 Å². The van der Waals surface area contributed by atoms with Crippen LogP contribution < -0.4 is 4.74 Å². The molecular weight excluding hydrogens is 380 g/mol. The highest BCUT2D eigenvalue weighted by Crippen LogP contribution is 2.29. The molecule has 4 aromatic rings. The smallest absolute Gasteiger partial charge is 0.270 e. The number of fused-ring (bicyclic) bond motifs is 2. The van der Waals surface area contributed by atoms with Crippen molar-refractivity contribution in [1.82, 2.24) is 9.47 Å². The lowest BCUT2D eigenvalue weighted by Crippen LogP contribution is -2.37. The minimum atomic E-state index is 0.108. The van der Waals surface area contributed by atoms with Crippen molar-refractivity contribution in [2.45, 2.75) is 19.5 Å². The van der Waals surface area contributed by atoms with E-state index in [0.29, 0.717) is 13.1 Å². The van der Waals surface area contributed by atoms with Crippen molar-refractivity contribution in [3.05, 3.63) is 88.4 Å². The second-order valence-electron chi connectivity index (χ2n) is 7.38. The van der Waals surface area contributed by atoms with Crippen LogP contribution in [0.25, 0.3) is 10.2 Å². The van der Waals surface area contributed by atoms with E-state index in [1.165, 1.54) is 11.1 Å². The summed E-state index contributed by atoms with van der Waals surface area (Å²) in [6, 6.07) is 20.6. The van der Waals surface area contributed by atoms with Crippen LogP contribution in [0.5, 0.6) is 5.75 Å². The topological polar surface area (TPSA) is 34.5 Å². The van der Waals surface area contributed by atoms with Gasteiger partial charge in [-0.2, -0.15) is 0 Å². The Bertz CT molecular complexity index is 1170. The summed E-state index contributed by atoms with van der Waals surface area (Å²) in [5.41, 5.74) is 5.63. The molecule has 0 aliphatic carbocycles. The normalized spacial score (nSPS) is 13.5. The molecule has 0 bridgehead atoms. The van der Waals surface area contributed by atoms with E-state index in [4.69, 9.17) is 4.74 Å². The Hall–Kier alpha value is -3.05. The average Bonchev–Trinajstić information content (AvgIpc) is 3.36. The van der Waals surface area contributed by atoms with Crippen LogP contribution in [0.4, 0.5) is 0 Å². The Kier molecular flexibility index (Phi) is 4.60. The molecule has 0 unspecified atom stereocenters. The number of carbonyl (C=O) groups excluding carboxylic acids is 1. The summed E-state index contributed by atoms with van der Waals surface area (Å²) >= 11 is 1.68. The standard InChI is InChI=1S/C24H22N2O2S/c1-28-20-8-6-17(7-9-20)15-26-21-11-13-29-23(21)14-22(26)24(27)25-12-10-18-4-2-3-5-19(18)16-25/h2-9,11,13-14H,10,12,15-16H2,1H3. The molecule has 0 spiro atoms. The first kappa shape index (κ1) is 18.0. The second-order valence-corrected chi connectivity index (χ2v) is 8.33. The van der Waals surface area contributed by atoms with Crippen molar-refractivity contribution < 1.29 is 9.53 Å². The molecule has 0 N–H and O–H groups in total. The summed E-state index contributed by atoms with van der Waals surface area (Å²) in [4.78, 5) is 15.5. The van der Waals surface area contributed by atoms with Crippen molar-refractivity contribution in [1.29, 1.82) is 0 Å². The highest BCUT2D eigenvalue weighted by molar-refractivity contribution is 7.17. The lowest BCUT2D eigenvalue weighted by molar-refractivity contribution is 0.0724. The molecule has 0 saturated carbocycles. The summed E-state index contributed by atoms with van der Waals surface area (Å²) in [6.45, 7) is 2.10. The van der Waals surface area contributed by atoms with Crippen LogP contribution in [-0.2, 0) is 19.5 Å². The number of carbonyl (C=O) groups is 1. The highest BCUT2D eigenvalue weighted by Gasteiger charge is 2.25. The van der Waals surface area contributed by atoms with Gasteiger partial charge in [0.15, 0.2) is 0 Å². The van der Waals surface area contributed by atoms with Gasteiger partial charge >= 0.3 is 0 Å². The number of hydrogen-bond acceptors (Lipinski definition) is 3. The van der Waals surface area contributed by atoms with Crippen molar-refractivity contribution in [3.63, 3.8) is 0 Å². The average molecular weight is 403 g/mol. The molecule has 0 fully saturated rings. The minimum Gasteiger partial charge on any atom is -0.497 e. The fraction of sp³-hybridized carbons (Fsp3) is 0.208. The first-order valence-electron chi connectivity index (χ1n) is 9.78. The summed E-state index contributed by atoms with van der Waals surface area (Å²) < 4.78 is 8.57. The third-order valence-electron chi connectivity index (χ3n) is 5.66. The minimum absolute atomic E-state index is 0.108. The lowest BCUT2D eigenvalue weighted by atomic mass is 10.00. The van der Waals surface area contributed by atoms with E-state index in [1.54, 1.807) is 18.4 Å². The van der Waals surface area contributed by atoms with Crippen molar-refractivity contribution in [3.8, 4) is 5.75 Å². The molecule has 2 aromatic carbocycles. The van der Waals surface area contributed by atoms with Gasteiger partial charge < -0.3 is 14.2 Å². The van der Waals surface area contributed by atoms with Crippen LogP contribution in [0.3, 0.4) is 0 Å². The molecule has 3 heterocycles. The lowest BCUT2D eigenvalue weighted by Gasteiger charge is -2.29. The van der Waals surface area contributed by atoms with Gasteiger partial charge in [0.25, 0.3) is 5.91 Å². The van der Waals surface area contributed by atoms with E-state index in [2.05, 4.69) is 52.4 Å². The van der Waals surface area contributed by atoms with Gasteiger partial charge in [0, 0.05) is 19.6 Å². The monoisotopic (exact) mass is 402 g/mol. The van der Waals surface area contributed by atoms with E-state index >= 15 is 0 Å². The van der Waals surface area contributed by atoms with Gasteiger partial charge in [0.2, 0.25) is 0 Å². The molecule has 2 aromatic heterocycles. The molecule has 1 aliphatic heterocycles. The van der Waals surface area contributed by atoms with Gasteiger partial charge in [-0.15, -0.1) is 11.3 Å². The van der Waals surface area contributed by atoms with Gasteiger partial charge in [-0.05, 0) is 52.8 Å². The molecule has 5 rings (SSSR count). The number of aromatic nitrogens is 1. The second kappa shape index (κ2) is 7.41. The van der Waals surface area contributed by atoms with Crippen molar-refractivity contribution in [2.24, 2.45) is 0 Å². The Balaban J connectivity index is 1.47. The zero-order valence-electron chi connectivity index (χ0n) is 16.3. The molecule has 5 heteroatoms. The van der Waals surface area contributed by atoms with Gasteiger partial charge in [-0.25, -0.2) is 0 Å². The fourth-order valence-corrected chi connectivity index (χ4v) is 4.89. The Morgan fingerprint density at radius 1 is 1.07 bits per heavy atom. The molecule has 4 nitrogen and oxygen atoms in total. The number of nitrogens with zero attached hydrogens (tertiary/aromatic N) is 2. The van der Waals surface area contributed by atoms with Crippen molar-refractivity contribution in [2.75, 3.05) is 13.7 Å². The molecule has 1 aliphatic rings. The molecule has 0 atom stereocenters. The van der Waals surface area contributed by atoms with Gasteiger partial charge in [0.05, 0.1) is 17.3 Å².